The first-order valence-electron chi connectivity index (χ1n) is 5.38. The average Bonchev–Trinajstić information content (AvgIpc) is 2.24. The molecular formula is C13H9F5O. The fourth-order valence-corrected chi connectivity index (χ4v) is 1.67. The van der Waals surface area contributed by atoms with Crippen LogP contribution in [0.5, 0.6) is 5.75 Å². The fourth-order valence-electron chi connectivity index (χ4n) is 1.67. The van der Waals surface area contributed by atoms with E-state index in [4.69, 9.17) is 0 Å². The van der Waals surface area contributed by atoms with Crippen molar-refractivity contribution in [2.75, 3.05) is 0 Å². The van der Waals surface area contributed by atoms with Gasteiger partial charge < -0.3 is 4.74 Å². The normalized spacial score (nSPS) is 12.7. The van der Waals surface area contributed by atoms with Gasteiger partial charge in [0.1, 0.15) is 12.2 Å². The lowest BCUT2D eigenvalue weighted by molar-refractivity contribution is -0.255. The van der Waals surface area contributed by atoms with Crippen LogP contribution >= 0.6 is 0 Å². The van der Waals surface area contributed by atoms with Gasteiger partial charge in [-0.1, -0.05) is 30.3 Å². The Bertz CT molecular complexity index is 577. The molecule has 0 saturated carbocycles. The van der Waals surface area contributed by atoms with Crippen molar-refractivity contribution in [3.05, 3.63) is 42.5 Å². The third-order valence-electron chi connectivity index (χ3n) is 2.39. The molecule has 102 valence electrons. The van der Waals surface area contributed by atoms with Crippen molar-refractivity contribution in [1.29, 1.82) is 0 Å². The Kier molecular flexibility index (Phi) is 3.34. The van der Waals surface area contributed by atoms with E-state index in [0.717, 1.165) is 5.39 Å². The number of benzene rings is 2. The second kappa shape index (κ2) is 4.68. The van der Waals surface area contributed by atoms with Crippen LogP contribution in [0.4, 0.5) is 22.0 Å². The van der Waals surface area contributed by atoms with Crippen molar-refractivity contribution in [2.24, 2.45) is 0 Å². The lowest BCUT2D eigenvalue weighted by Crippen LogP contribution is -2.31. The van der Waals surface area contributed by atoms with Gasteiger partial charge in [0.2, 0.25) is 0 Å². The fraction of sp³-hybridized carbons (Fsp3) is 0.231. The first-order chi connectivity index (χ1) is 8.75. The number of fused-ring (bicyclic) bond motifs is 1. The van der Waals surface area contributed by atoms with Crippen molar-refractivity contribution in [1.82, 2.24) is 0 Å². The van der Waals surface area contributed by atoms with E-state index in [1.807, 2.05) is 0 Å². The molecule has 0 bridgehead atoms. The summed E-state index contributed by atoms with van der Waals surface area (Å²) in [5.41, 5.74) is 0. The molecule has 1 nitrogen and oxygen atoms in total. The quantitative estimate of drug-likeness (QED) is 0.734. The maximum absolute atomic E-state index is 13.1. The second-order valence-electron chi connectivity index (χ2n) is 4.04. The number of ether oxygens (including phenoxy) is 1. The number of alkyl halides is 5. The summed E-state index contributed by atoms with van der Waals surface area (Å²) < 4.78 is 66.1. The Balaban J connectivity index is 2.21. The highest BCUT2D eigenvalue weighted by Crippen LogP contribution is 2.34. The molecule has 0 amide bonds. The van der Waals surface area contributed by atoms with E-state index >= 15 is 0 Å². The number of rotatable bonds is 3. The van der Waals surface area contributed by atoms with Crippen molar-refractivity contribution >= 4 is 10.8 Å². The lowest BCUT2D eigenvalue weighted by Gasteiger charge is -2.19. The highest BCUT2D eigenvalue weighted by molar-refractivity contribution is 5.83. The van der Waals surface area contributed by atoms with E-state index in [9.17, 15) is 22.0 Å². The predicted octanol–water partition coefficient (Wildman–Crippen LogP) is 4.76. The van der Waals surface area contributed by atoms with E-state index < -0.39 is 18.7 Å². The van der Waals surface area contributed by atoms with Gasteiger partial charge in [0.25, 0.3) is 0 Å². The minimum atomic E-state index is -4.99. The highest BCUT2D eigenvalue weighted by atomic mass is 19.4. The molecule has 6 heteroatoms. The zero-order valence-corrected chi connectivity index (χ0v) is 9.55. The topological polar surface area (TPSA) is 9.23 Å². The van der Waals surface area contributed by atoms with Crippen molar-refractivity contribution in [3.8, 4) is 5.75 Å². The van der Waals surface area contributed by atoms with Gasteiger partial charge in [-0.2, -0.15) is 22.0 Å². The van der Waals surface area contributed by atoms with Crippen LogP contribution in [0.2, 0.25) is 0 Å². The molecule has 0 aliphatic carbocycles. The minimum absolute atomic E-state index is 0.298. The van der Waals surface area contributed by atoms with E-state index in [2.05, 4.69) is 4.74 Å². The summed E-state index contributed by atoms with van der Waals surface area (Å²) in [5.74, 6) is -0.298. The Morgan fingerprint density at radius 2 is 1.47 bits per heavy atom. The van der Waals surface area contributed by atoms with Crippen LogP contribution in [0.25, 0.3) is 10.8 Å². The van der Waals surface area contributed by atoms with E-state index in [1.165, 1.54) is 18.2 Å². The van der Waals surface area contributed by atoms with Crippen LogP contribution in [-0.4, -0.2) is 12.3 Å². The van der Waals surface area contributed by atoms with Gasteiger partial charge in [-0.3, -0.25) is 0 Å². The molecule has 0 unspecified atom stereocenters. The molecule has 0 fully saturated rings. The number of hydrogen-bond acceptors (Lipinski definition) is 1. The number of hydrogen-bond donors (Lipinski definition) is 0. The van der Waals surface area contributed by atoms with Gasteiger partial charge in [0, 0.05) is 0 Å². The maximum atomic E-state index is 13.1. The van der Waals surface area contributed by atoms with Crippen LogP contribution in [0.3, 0.4) is 0 Å². The first kappa shape index (κ1) is 13.6. The molecule has 0 atom stereocenters. The molecule has 0 aromatic heterocycles. The second-order valence-corrected chi connectivity index (χ2v) is 4.04. The molecule has 0 N–H and O–H groups in total. The first-order valence-corrected chi connectivity index (χ1v) is 5.38. The molecular weight excluding hydrogens is 267 g/mol. The third kappa shape index (κ3) is 3.81. The van der Waals surface area contributed by atoms with Gasteiger partial charge in [-0.05, 0) is 22.9 Å². The monoisotopic (exact) mass is 276 g/mol. The molecule has 0 aliphatic rings. The number of halogens is 5. The van der Waals surface area contributed by atoms with Gasteiger partial charge in [-0.15, -0.1) is 0 Å². The molecule has 2 rings (SSSR count). The molecule has 2 aromatic carbocycles. The summed E-state index contributed by atoms with van der Waals surface area (Å²) in [4.78, 5) is 0. The SMILES string of the molecule is FC(F)(F)CC(F)(F)Oc1ccc2ccccc2c1. The largest absolute Gasteiger partial charge is 0.432 e. The van der Waals surface area contributed by atoms with Crippen molar-refractivity contribution in [3.63, 3.8) is 0 Å². The van der Waals surface area contributed by atoms with Gasteiger partial charge in [-0.25, -0.2) is 0 Å². The summed E-state index contributed by atoms with van der Waals surface area (Å²) in [7, 11) is 0. The summed E-state index contributed by atoms with van der Waals surface area (Å²) in [6.45, 7) is 0. The minimum Gasteiger partial charge on any atom is -0.432 e. The van der Waals surface area contributed by atoms with Gasteiger partial charge in [0.05, 0.1) is 0 Å². The van der Waals surface area contributed by atoms with Gasteiger partial charge in [0.15, 0.2) is 0 Å². The molecule has 0 spiro atoms. The van der Waals surface area contributed by atoms with Crippen LogP contribution < -0.4 is 4.74 Å². The Hall–Kier alpha value is -1.85. The smallest absolute Gasteiger partial charge is 0.406 e. The zero-order valence-electron chi connectivity index (χ0n) is 9.55. The Labute approximate surface area is 105 Å². The lowest BCUT2D eigenvalue weighted by atomic mass is 10.1. The third-order valence-corrected chi connectivity index (χ3v) is 2.39. The summed E-state index contributed by atoms with van der Waals surface area (Å²) in [6, 6.07) is 10.9. The molecule has 2 aromatic rings. The summed E-state index contributed by atoms with van der Waals surface area (Å²) >= 11 is 0. The predicted molar refractivity (Wildman–Crippen MR) is 60.2 cm³/mol. The summed E-state index contributed by atoms with van der Waals surface area (Å²) in [6.07, 6.45) is -11.6. The van der Waals surface area contributed by atoms with E-state index in [-0.39, 0.29) is 5.75 Å². The standard InChI is InChI=1S/C13H9F5O/c14-12(15,16)8-13(17,18)19-11-6-5-9-3-1-2-4-10(9)7-11/h1-7H,8H2. The molecule has 0 saturated heterocycles. The van der Waals surface area contributed by atoms with Crippen LogP contribution in [-0.2, 0) is 0 Å². The van der Waals surface area contributed by atoms with Crippen LogP contribution in [0, 0.1) is 0 Å². The maximum Gasteiger partial charge on any atom is 0.406 e. The Morgan fingerprint density at radius 1 is 0.842 bits per heavy atom. The van der Waals surface area contributed by atoms with Crippen molar-refractivity contribution < 1.29 is 26.7 Å². The van der Waals surface area contributed by atoms with Crippen molar-refractivity contribution in [2.45, 2.75) is 18.7 Å². The van der Waals surface area contributed by atoms with Crippen LogP contribution in [0.1, 0.15) is 6.42 Å². The highest BCUT2D eigenvalue weighted by Gasteiger charge is 2.45. The molecule has 0 aliphatic heterocycles. The zero-order chi connectivity index (χ0) is 14.1. The summed E-state index contributed by atoms with van der Waals surface area (Å²) in [5, 5.41) is 1.40. The molecule has 0 heterocycles. The van der Waals surface area contributed by atoms with E-state index in [0.29, 0.717) is 5.39 Å². The van der Waals surface area contributed by atoms with Gasteiger partial charge >= 0.3 is 12.3 Å². The van der Waals surface area contributed by atoms with Crippen LogP contribution in [0.15, 0.2) is 42.5 Å². The van der Waals surface area contributed by atoms with E-state index in [1.54, 1.807) is 24.3 Å². The molecule has 19 heavy (non-hydrogen) atoms. The molecule has 0 radical (unpaired) electrons. The average molecular weight is 276 g/mol. The Morgan fingerprint density at radius 3 is 2.11 bits per heavy atom.